The monoisotopic (exact) mass is 337 g/mol. The van der Waals surface area contributed by atoms with Gasteiger partial charge in [-0.25, -0.2) is 4.68 Å². The standard InChI is InChI=1S/C18H19N5O2/c1-14-7-9-17(10-8-14)25-11-3-6-18(24)20-15-4-2-5-16(12-15)23-13-19-21-22-23/h2,4-5,7-10,12-13H,3,6,11H2,1H3,(H,20,24). The van der Waals surface area contributed by atoms with Gasteiger partial charge in [0.2, 0.25) is 5.91 Å². The van der Waals surface area contributed by atoms with E-state index in [9.17, 15) is 4.79 Å². The lowest BCUT2D eigenvalue weighted by molar-refractivity contribution is -0.116. The number of anilines is 1. The van der Waals surface area contributed by atoms with Gasteiger partial charge in [-0.3, -0.25) is 4.79 Å². The number of ether oxygens (including phenoxy) is 1. The minimum Gasteiger partial charge on any atom is -0.494 e. The number of hydrogen-bond donors (Lipinski definition) is 1. The Kier molecular flexibility index (Phi) is 5.36. The van der Waals surface area contributed by atoms with E-state index < -0.39 is 0 Å². The molecule has 3 rings (SSSR count). The van der Waals surface area contributed by atoms with E-state index in [-0.39, 0.29) is 5.91 Å². The zero-order valence-corrected chi connectivity index (χ0v) is 13.9. The van der Waals surface area contributed by atoms with Gasteiger partial charge in [0.1, 0.15) is 12.1 Å². The highest BCUT2D eigenvalue weighted by Crippen LogP contribution is 2.14. The van der Waals surface area contributed by atoms with Crippen molar-refractivity contribution in [3.8, 4) is 11.4 Å². The van der Waals surface area contributed by atoms with E-state index in [0.29, 0.717) is 25.1 Å². The fourth-order valence-electron chi connectivity index (χ4n) is 2.29. The zero-order chi connectivity index (χ0) is 17.5. The highest BCUT2D eigenvalue weighted by atomic mass is 16.5. The van der Waals surface area contributed by atoms with E-state index in [1.165, 1.54) is 16.6 Å². The number of nitrogens with zero attached hydrogens (tertiary/aromatic N) is 4. The molecule has 0 aliphatic carbocycles. The minimum atomic E-state index is -0.0543. The Morgan fingerprint density at radius 2 is 2.04 bits per heavy atom. The van der Waals surface area contributed by atoms with Crippen LogP contribution < -0.4 is 10.1 Å². The molecule has 128 valence electrons. The van der Waals surface area contributed by atoms with Crippen LogP contribution in [0, 0.1) is 6.92 Å². The maximum absolute atomic E-state index is 12.1. The largest absolute Gasteiger partial charge is 0.494 e. The van der Waals surface area contributed by atoms with Crippen LogP contribution in [0.4, 0.5) is 5.69 Å². The van der Waals surface area contributed by atoms with Gasteiger partial charge in [-0.1, -0.05) is 23.8 Å². The number of benzene rings is 2. The Hall–Kier alpha value is -3.22. The summed E-state index contributed by atoms with van der Waals surface area (Å²) in [6.45, 7) is 2.53. The lowest BCUT2D eigenvalue weighted by atomic mass is 10.2. The molecule has 0 bridgehead atoms. The molecule has 0 atom stereocenters. The highest BCUT2D eigenvalue weighted by Gasteiger charge is 2.05. The van der Waals surface area contributed by atoms with E-state index in [1.807, 2.05) is 55.5 Å². The van der Waals surface area contributed by atoms with E-state index in [0.717, 1.165) is 11.4 Å². The van der Waals surface area contributed by atoms with Crippen molar-refractivity contribution >= 4 is 11.6 Å². The molecule has 0 aliphatic rings. The second-order valence-corrected chi connectivity index (χ2v) is 5.62. The number of rotatable bonds is 7. The number of hydrogen-bond acceptors (Lipinski definition) is 5. The molecule has 1 amide bonds. The second kappa shape index (κ2) is 8.05. The van der Waals surface area contributed by atoms with Crippen molar-refractivity contribution in [2.24, 2.45) is 0 Å². The normalized spacial score (nSPS) is 10.4. The minimum absolute atomic E-state index is 0.0543. The molecule has 7 nitrogen and oxygen atoms in total. The molecule has 3 aromatic rings. The first-order valence-corrected chi connectivity index (χ1v) is 8.03. The van der Waals surface area contributed by atoms with Crippen LogP contribution >= 0.6 is 0 Å². The van der Waals surface area contributed by atoms with Gasteiger partial charge in [-0.05, 0) is 54.1 Å². The topological polar surface area (TPSA) is 81.9 Å². The molecule has 2 aromatic carbocycles. The molecule has 0 fully saturated rings. The van der Waals surface area contributed by atoms with Crippen molar-refractivity contribution < 1.29 is 9.53 Å². The number of aryl methyl sites for hydroxylation is 1. The first-order chi connectivity index (χ1) is 12.2. The average molecular weight is 337 g/mol. The van der Waals surface area contributed by atoms with Crippen molar-refractivity contribution in [3.05, 3.63) is 60.4 Å². The van der Waals surface area contributed by atoms with Gasteiger partial charge in [-0.2, -0.15) is 0 Å². The highest BCUT2D eigenvalue weighted by molar-refractivity contribution is 5.90. The summed E-state index contributed by atoms with van der Waals surface area (Å²) in [6.07, 6.45) is 2.54. The van der Waals surface area contributed by atoms with Gasteiger partial charge in [-0.15, -0.1) is 5.10 Å². The first kappa shape index (κ1) is 16.6. The maximum atomic E-state index is 12.1. The van der Waals surface area contributed by atoms with Crippen molar-refractivity contribution in [2.75, 3.05) is 11.9 Å². The number of amides is 1. The predicted octanol–water partition coefficient (Wildman–Crippen LogP) is 2.77. The van der Waals surface area contributed by atoms with Crippen molar-refractivity contribution in [1.82, 2.24) is 20.2 Å². The summed E-state index contributed by atoms with van der Waals surface area (Å²) in [5.74, 6) is 0.765. The number of carbonyl (C=O) groups excluding carboxylic acids is 1. The van der Waals surface area contributed by atoms with Crippen molar-refractivity contribution in [2.45, 2.75) is 19.8 Å². The number of aromatic nitrogens is 4. The average Bonchev–Trinajstić information content (AvgIpc) is 3.15. The lowest BCUT2D eigenvalue weighted by Crippen LogP contribution is -2.13. The van der Waals surface area contributed by atoms with Crippen LogP contribution in [-0.4, -0.2) is 32.7 Å². The summed E-state index contributed by atoms with van der Waals surface area (Å²) in [7, 11) is 0. The van der Waals surface area contributed by atoms with Crippen LogP contribution in [0.15, 0.2) is 54.9 Å². The Labute approximate surface area is 145 Å². The van der Waals surface area contributed by atoms with Gasteiger partial charge in [0.25, 0.3) is 0 Å². The van der Waals surface area contributed by atoms with Crippen LogP contribution in [0.3, 0.4) is 0 Å². The van der Waals surface area contributed by atoms with Gasteiger partial charge in [0, 0.05) is 12.1 Å². The summed E-state index contributed by atoms with van der Waals surface area (Å²) in [5.41, 5.74) is 2.68. The predicted molar refractivity (Wildman–Crippen MR) is 93.7 cm³/mol. The van der Waals surface area contributed by atoms with E-state index in [4.69, 9.17) is 4.74 Å². The molecule has 0 aliphatic heterocycles. The summed E-state index contributed by atoms with van der Waals surface area (Å²) in [6, 6.07) is 15.2. The van der Waals surface area contributed by atoms with Gasteiger partial charge >= 0.3 is 0 Å². The zero-order valence-electron chi connectivity index (χ0n) is 13.9. The molecule has 0 spiro atoms. The van der Waals surface area contributed by atoms with E-state index >= 15 is 0 Å². The molecule has 25 heavy (non-hydrogen) atoms. The number of tetrazole rings is 1. The van der Waals surface area contributed by atoms with Crippen LogP contribution in [-0.2, 0) is 4.79 Å². The van der Waals surface area contributed by atoms with Gasteiger partial charge in [0.15, 0.2) is 0 Å². The van der Waals surface area contributed by atoms with Crippen molar-refractivity contribution in [3.63, 3.8) is 0 Å². The molecule has 0 saturated heterocycles. The second-order valence-electron chi connectivity index (χ2n) is 5.62. The Balaban J connectivity index is 1.45. The fraction of sp³-hybridized carbons (Fsp3) is 0.222. The van der Waals surface area contributed by atoms with Gasteiger partial charge < -0.3 is 10.1 Å². The molecule has 0 saturated carbocycles. The molecule has 7 heteroatoms. The molecular weight excluding hydrogens is 318 g/mol. The molecule has 1 heterocycles. The summed E-state index contributed by atoms with van der Waals surface area (Å²) >= 11 is 0. The maximum Gasteiger partial charge on any atom is 0.224 e. The molecule has 0 unspecified atom stereocenters. The van der Waals surface area contributed by atoms with E-state index in [1.54, 1.807) is 0 Å². The third-order valence-corrected chi connectivity index (χ3v) is 3.58. The SMILES string of the molecule is Cc1ccc(OCCCC(=O)Nc2cccc(-n3cnnn3)c2)cc1. The van der Waals surface area contributed by atoms with Gasteiger partial charge in [0.05, 0.1) is 12.3 Å². The van der Waals surface area contributed by atoms with Crippen LogP contribution in [0.1, 0.15) is 18.4 Å². The lowest BCUT2D eigenvalue weighted by Gasteiger charge is -2.08. The number of nitrogens with one attached hydrogen (secondary N) is 1. The van der Waals surface area contributed by atoms with Crippen LogP contribution in [0.5, 0.6) is 5.75 Å². The Bertz CT molecular complexity index is 816. The fourth-order valence-corrected chi connectivity index (χ4v) is 2.29. The third kappa shape index (κ3) is 4.87. The summed E-state index contributed by atoms with van der Waals surface area (Å²) < 4.78 is 7.16. The summed E-state index contributed by atoms with van der Waals surface area (Å²) in [4.78, 5) is 12.1. The first-order valence-electron chi connectivity index (χ1n) is 8.03. The van der Waals surface area contributed by atoms with Crippen LogP contribution in [0.2, 0.25) is 0 Å². The summed E-state index contributed by atoms with van der Waals surface area (Å²) in [5, 5.41) is 13.9. The third-order valence-electron chi connectivity index (χ3n) is 3.58. The number of carbonyl (C=O) groups is 1. The van der Waals surface area contributed by atoms with E-state index in [2.05, 4.69) is 20.8 Å². The van der Waals surface area contributed by atoms with Crippen molar-refractivity contribution in [1.29, 1.82) is 0 Å². The Morgan fingerprint density at radius 1 is 1.20 bits per heavy atom. The smallest absolute Gasteiger partial charge is 0.224 e. The quantitative estimate of drug-likeness (QED) is 0.670. The Morgan fingerprint density at radius 3 is 2.80 bits per heavy atom. The molecule has 0 radical (unpaired) electrons. The molecule has 1 aromatic heterocycles. The molecule has 1 N–H and O–H groups in total. The van der Waals surface area contributed by atoms with Crippen LogP contribution in [0.25, 0.3) is 5.69 Å². The molecular formula is C18H19N5O2.